The second-order valence-corrected chi connectivity index (χ2v) is 4.81. The van der Waals surface area contributed by atoms with Crippen LogP contribution in [0.25, 0.3) is 11.5 Å². The van der Waals surface area contributed by atoms with E-state index in [4.69, 9.17) is 5.73 Å². The molecule has 3 N–H and O–H groups in total. The van der Waals surface area contributed by atoms with Crippen molar-refractivity contribution >= 4 is 11.7 Å². The van der Waals surface area contributed by atoms with Gasteiger partial charge in [-0.3, -0.25) is 9.78 Å². The van der Waals surface area contributed by atoms with Crippen LogP contribution >= 0.6 is 0 Å². The molecule has 0 aliphatic rings. The maximum atomic E-state index is 11.9. The van der Waals surface area contributed by atoms with Crippen LogP contribution in [0.4, 0.5) is 5.82 Å². The number of hydrogen-bond donors (Lipinski definition) is 2. The number of amides is 1. The van der Waals surface area contributed by atoms with E-state index in [0.29, 0.717) is 24.0 Å². The zero-order valence-electron chi connectivity index (χ0n) is 11.5. The van der Waals surface area contributed by atoms with Gasteiger partial charge in [0.15, 0.2) is 5.82 Å². The summed E-state index contributed by atoms with van der Waals surface area (Å²) in [5.74, 6) is 0.670. The van der Waals surface area contributed by atoms with E-state index in [9.17, 15) is 4.79 Å². The van der Waals surface area contributed by atoms with Gasteiger partial charge < -0.3 is 11.1 Å². The molecule has 1 amide bonds. The summed E-state index contributed by atoms with van der Waals surface area (Å²) in [5, 5.41) is 2.78. The molecule has 0 saturated heterocycles. The molecule has 2 rings (SSSR count). The SMILES string of the molecule is CC(C)CNC(=O)c1cnc(-c2ccccn2)nc1N. The number of rotatable bonds is 4. The van der Waals surface area contributed by atoms with E-state index in [1.807, 2.05) is 19.9 Å². The van der Waals surface area contributed by atoms with E-state index in [0.717, 1.165) is 0 Å². The Labute approximate surface area is 117 Å². The van der Waals surface area contributed by atoms with Crippen molar-refractivity contribution in [1.82, 2.24) is 20.3 Å². The van der Waals surface area contributed by atoms with E-state index >= 15 is 0 Å². The van der Waals surface area contributed by atoms with Gasteiger partial charge in [0.1, 0.15) is 11.5 Å². The van der Waals surface area contributed by atoms with Crippen molar-refractivity contribution in [1.29, 1.82) is 0 Å². The third-order valence-corrected chi connectivity index (χ3v) is 2.63. The molecule has 0 aliphatic heterocycles. The smallest absolute Gasteiger partial charge is 0.256 e. The number of nitrogens with one attached hydrogen (secondary N) is 1. The van der Waals surface area contributed by atoms with Gasteiger partial charge in [-0.25, -0.2) is 9.97 Å². The van der Waals surface area contributed by atoms with Crippen LogP contribution in [0.15, 0.2) is 30.6 Å². The lowest BCUT2D eigenvalue weighted by Crippen LogP contribution is -2.28. The quantitative estimate of drug-likeness (QED) is 0.879. The van der Waals surface area contributed by atoms with Crippen molar-refractivity contribution in [3.05, 3.63) is 36.2 Å². The fourth-order valence-electron chi connectivity index (χ4n) is 1.58. The van der Waals surface area contributed by atoms with E-state index in [1.165, 1.54) is 6.20 Å². The van der Waals surface area contributed by atoms with Gasteiger partial charge in [-0.1, -0.05) is 19.9 Å². The number of nitrogens with two attached hydrogens (primary N) is 1. The maximum absolute atomic E-state index is 11.9. The molecule has 0 spiro atoms. The minimum absolute atomic E-state index is 0.155. The number of nitrogens with zero attached hydrogens (tertiary/aromatic N) is 3. The predicted octanol–water partition coefficient (Wildman–Crippen LogP) is 1.51. The molecule has 2 aromatic rings. The standard InChI is InChI=1S/C14H17N5O/c1-9(2)7-18-14(20)10-8-17-13(19-12(10)15)11-5-3-4-6-16-11/h3-6,8-9H,7H2,1-2H3,(H,18,20)(H2,15,17,19). The summed E-state index contributed by atoms with van der Waals surface area (Å²) < 4.78 is 0. The molecule has 0 fully saturated rings. The van der Waals surface area contributed by atoms with Gasteiger partial charge in [-0.2, -0.15) is 0 Å². The Morgan fingerprint density at radius 1 is 1.35 bits per heavy atom. The Morgan fingerprint density at radius 3 is 2.75 bits per heavy atom. The molecule has 20 heavy (non-hydrogen) atoms. The molecule has 2 heterocycles. The zero-order chi connectivity index (χ0) is 14.5. The molecular weight excluding hydrogens is 254 g/mol. The second kappa shape index (κ2) is 6.10. The fraction of sp³-hybridized carbons (Fsp3) is 0.286. The predicted molar refractivity (Wildman–Crippen MR) is 76.8 cm³/mol. The molecule has 0 bridgehead atoms. The van der Waals surface area contributed by atoms with Crippen molar-refractivity contribution in [2.45, 2.75) is 13.8 Å². The van der Waals surface area contributed by atoms with Crippen molar-refractivity contribution in [3.8, 4) is 11.5 Å². The van der Waals surface area contributed by atoms with E-state index in [1.54, 1.807) is 18.3 Å². The Morgan fingerprint density at radius 2 is 2.15 bits per heavy atom. The zero-order valence-corrected chi connectivity index (χ0v) is 11.5. The summed E-state index contributed by atoms with van der Waals surface area (Å²) in [7, 11) is 0. The Bertz CT molecular complexity index is 598. The van der Waals surface area contributed by atoms with Crippen molar-refractivity contribution in [2.75, 3.05) is 12.3 Å². The fourth-order valence-corrected chi connectivity index (χ4v) is 1.58. The van der Waals surface area contributed by atoms with Gasteiger partial charge in [0.25, 0.3) is 5.91 Å². The third kappa shape index (κ3) is 3.28. The minimum atomic E-state index is -0.260. The van der Waals surface area contributed by atoms with Gasteiger partial charge in [0, 0.05) is 18.9 Å². The van der Waals surface area contributed by atoms with E-state index < -0.39 is 0 Å². The average molecular weight is 271 g/mol. The highest BCUT2D eigenvalue weighted by Gasteiger charge is 2.13. The van der Waals surface area contributed by atoms with Crippen LogP contribution in [0.3, 0.4) is 0 Å². The number of hydrogen-bond acceptors (Lipinski definition) is 5. The van der Waals surface area contributed by atoms with Gasteiger partial charge in [0.2, 0.25) is 0 Å². The van der Waals surface area contributed by atoms with Gasteiger partial charge in [-0.05, 0) is 18.1 Å². The molecule has 0 radical (unpaired) electrons. The van der Waals surface area contributed by atoms with Crippen molar-refractivity contribution in [2.24, 2.45) is 5.92 Å². The largest absolute Gasteiger partial charge is 0.383 e. The Balaban J connectivity index is 2.20. The van der Waals surface area contributed by atoms with Gasteiger partial charge >= 0.3 is 0 Å². The summed E-state index contributed by atoms with van der Waals surface area (Å²) in [6.07, 6.45) is 3.08. The molecule has 6 heteroatoms. The van der Waals surface area contributed by atoms with Gasteiger partial charge in [-0.15, -0.1) is 0 Å². The number of carbonyl (C=O) groups excluding carboxylic acids is 1. The van der Waals surface area contributed by atoms with E-state index in [2.05, 4.69) is 20.3 Å². The first-order valence-electron chi connectivity index (χ1n) is 6.40. The van der Waals surface area contributed by atoms with Crippen LogP contribution < -0.4 is 11.1 Å². The summed E-state index contributed by atoms with van der Waals surface area (Å²) in [5.41, 5.74) is 6.73. The highest BCUT2D eigenvalue weighted by molar-refractivity contribution is 5.98. The van der Waals surface area contributed by atoms with Crippen LogP contribution in [-0.2, 0) is 0 Å². The number of nitrogen functional groups attached to an aromatic ring is 1. The maximum Gasteiger partial charge on any atom is 0.256 e. The summed E-state index contributed by atoms with van der Waals surface area (Å²) in [6, 6.07) is 5.43. The van der Waals surface area contributed by atoms with Crippen LogP contribution in [0.1, 0.15) is 24.2 Å². The monoisotopic (exact) mass is 271 g/mol. The molecule has 0 saturated carbocycles. The summed E-state index contributed by atoms with van der Waals surface area (Å²) >= 11 is 0. The Hall–Kier alpha value is -2.50. The third-order valence-electron chi connectivity index (χ3n) is 2.63. The minimum Gasteiger partial charge on any atom is -0.383 e. The highest BCUT2D eigenvalue weighted by atomic mass is 16.1. The molecule has 0 atom stereocenters. The second-order valence-electron chi connectivity index (χ2n) is 4.81. The first-order chi connectivity index (χ1) is 9.58. The van der Waals surface area contributed by atoms with Crippen molar-refractivity contribution < 1.29 is 4.79 Å². The number of pyridine rings is 1. The Kier molecular flexibility index (Phi) is 4.24. The highest BCUT2D eigenvalue weighted by Crippen LogP contribution is 2.15. The first-order valence-corrected chi connectivity index (χ1v) is 6.40. The topological polar surface area (TPSA) is 93.8 Å². The lowest BCUT2D eigenvalue weighted by molar-refractivity contribution is 0.0949. The summed E-state index contributed by atoms with van der Waals surface area (Å²) in [4.78, 5) is 24.4. The number of carbonyl (C=O) groups is 1. The first kappa shape index (κ1) is 13.9. The van der Waals surface area contributed by atoms with Gasteiger partial charge in [0.05, 0.1) is 5.56 Å². The molecule has 6 nitrogen and oxygen atoms in total. The molecule has 2 aromatic heterocycles. The lowest BCUT2D eigenvalue weighted by Gasteiger charge is -2.09. The lowest BCUT2D eigenvalue weighted by atomic mass is 10.2. The molecular formula is C14H17N5O. The molecule has 0 aliphatic carbocycles. The van der Waals surface area contributed by atoms with Crippen molar-refractivity contribution in [3.63, 3.8) is 0 Å². The molecule has 104 valence electrons. The summed E-state index contributed by atoms with van der Waals surface area (Å²) in [6.45, 7) is 4.62. The van der Waals surface area contributed by atoms with Crippen LogP contribution in [-0.4, -0.2) is 27.4 Å². The van der Waals surface area contributed by atoms with Crippen LogP contribution in [0, 0.1) is 5.92 Å². The number of anilines is 1. The van der Waals surface area contributed by atoms with Crippen LogP contribution in [0.2, 0.25) is 0 Å². The number of aromatic nitrogens is 3. The average Bonchev–Trinajstić information content (AvgIpc) is 2.45. The molecule has 0 aromatic carbocycles. The normalized spacial score (nSPS) is 10.6. The molecule has 0 unspecified atom stereocenters. The van der Waals surface area contributed by atoms with E-state index in [-0.39, 0.29) is 17.3 Å². The van der Waals surface area contributed by atoms with Crippen LogP contribution in [0.5, 0.6) is 0 Å².